The van der Waals surface area contributed by atoms with Gasteiger partial charge in [-0.1, -0.05) is 12.1 Å². The smallest absolute Gasteiger partial charge is 0.410 e. The molecule has 1 aliphatic rings. The summed E-state index contributed by atoms with van der Waals surface area (Å²) in [5.41, 5.74) is 0.614. The molecular formula is C27H38N4O7. The lowest BCUT2D eigenvalue weighted by molar-refractivity contribution is 0.0212. The molecule has 38 heavy (non-hydrogen) atoms. The third-order valence-electron chi connectivity index (χ3n) is 5.72. The highest BCUT2D eigenvalue weighted by Crippen LogP contribution is 2.25. The van der Waals surface area contributed by atoms with Gasteiger partial charge < -0.3 is 29.1 Å². The summed E-state index contributed by atoms with van der Waals surface area (Å²) in [6.07, 6.45) is -0.607. The van der Waals surface area contributed by atoms with Crippen LogP contribution in [0.2, 0.25) is 0 Å². The van der Waals surface area contributed by atoms with Gasteiger partial charge in [0.25, 0.3) is 0 Å². The first-order valence-corrected chi connectivity index (χ1v) is 12.6. The molecule has 3 rings (SSSR count). The molecule has 0 fully saturated rings. The number of benzene rings is 1. The van der Waals surface area contributed by atoms with E-state index >= 15 is 0 Å². The maximum atomic E-state index is 13.0. The minimum Gasteiger partial charge on any atom is -0.497 e. The first kappa shape index (κ1) is 28.8. The van der Waals surface area contributed by atoms with Crippen LogP contribution in [0.25, 0.3) is 0 Å². The van der Waals surface area contributed by atoms with Gasteiger partial charge in [0.1, 0.15) is 17.0 Å². The number of nitrogens with zero attached hydrogens (tertiary/aromatic N) is 4. The lowest BCUT2D eigenvalue weighted by atomic mass is 10.1. The predicted molar refractivity (Wildman–Crippen MR) is 139 cm³/mol. The zero-order valence-corrected chi connectivity index (χ0v) is 23.2. The maximum Gasteiger partial charge on any atom is 0.410 e. The molecule has 0 bridgehead atoms. The highest BCUT2D eigenvalue weighted by Gasteiger charge is 2.32. The van der Waals surface area contributed by atoms with E-state index in [0.717, 1.165) is 5.56 Å². The SMILES string of the molecule is COc1ccc(CN(CCn2nc3c(c2C(=O)O)CN(C(=O)OC(C)(C)C)CC3)C(=O)OC(C)(C)C)cc1. The van der Waals surface area contributed by atoms with Crippen LogP contribution in [-0.4, -0.2) is 74.2 Å². The van der Waals surface area contributed by atoms with Gasteiger partial charge in [0.15, 0.2) is 5.69 Å². The van der Waals surface area contributed by atoms with Crippen molar-refractivity contribution >= 4 is 18.2 Å². The molecule has 0 spiro atoms. The summed E-state index contributed by atoms with van der Waals surface area (Å²) in [6.45, 7) is 11.7. The van der Waals surface area contributed by atoms with Crippen molar-refractivity contribution in [3.63, 3.8) is 0 Å². The largest absolute Gasteiger partial charge is 0.497 e. The molecule has 0 unspecified atom stereocenters. The van der Waals surface area contributed by atoms with Crippen LogP contribution >= 0.6 is 0 Å². The highest BCUT2D eigenvalue weighted by atomic mass is 16.6. The van der Waals surface area contributed by atoms with Crippen LogP contribution in [0.15, 0.2) is 24.3 Å². The number of rotatable bonds is 7. The van der Waals surface area contributed by atoms with Gasteiger partial charge in [0, 0.05) is 31.6 Å². The monoisotopic (exact) mass is 530 g/mol. The van der Waals surface area contributed by atoms with Crippen LogP contribution in [0.4, 0.5) is 9.59 Å². The van der Waals surface area contributed by atoms with Crippen molar-refractivity contribution in [3.05, 3.63) is 46.8 Å². The Hall–Kier alpha value is -3.76. The molecule has 0 radical (unpaired) electrons. The highest BCUT2D eigenvalue weighted by molar-refractivity contribution is 5.88. The average molecular weight is 531 g/mol. The standard InChI is InChI=1S/C27H38N4O7/c1-26(2,3)37-24(34)29-13-12-21-20(17-29)22(23(32)33)31(28-21)15-14-30(25(35)38-27(4,5)6)16-18-8-10-19(36-7)11-9-18/h8-11H,12-17H2,1-7H3,(H,32,33). The summed E-state index contributed by atoms with van der Waals surface area (Å²) in [5.74, 6) is -0.449. The lowest BCUT2D eigenvalue weighted by Gasteiger charge is -2.29. The van der Waals surface area contributed by atoms with Crippen LogP contribution in [0, 0.1) is 0 Å². The Labute approximate surface area is 223 Å². The predicted octanol–water partition coefficient (Wildman–Crippen LogP) is 4.32. The second kappa shape index (κ2) is 11.3. The van der Waals surface area contributed by atoms with Crippen molar-refractivity contribution in [2.75, 3.05) is 20.2 Å². The zero-order chi connectivity index (χ0) is 28.3. The topological polar surface area (TPSA) is 123 Å². The molecule has 2 amide bonds. The molecule has 0 saturated heterocycles. The number of aromatic nitrogens is 2. The Morgan fingerprint density at radius 2 is 1.66 bits per heavy atom. The zero-order valence-electron chi connectivity index (χ0n) is 23.2. The van der Waals surface area contributed by atoms with E-state index < -0.39 is 29.4 Å². The summed E-state index contributed by atoms with van der Waals surface area (Å²) in [7, 11) is 1.58. The van der Waals surface area contributed by atoms with Crippen LogP contribution in [-0.2, 0) is 35.5 Å². The number of carboxylic acids is 1. The molecule has 2 aromatic rings. The molecule has 0 aliphatic carbocycles. The van der Waals surface area contributed by atoms with Gasteiger partial charge in [0.05, 0.1) is 25.9 Å². The molecule has 0 saturated carbocycles. The van der Waals surface area contributed by atoms with Gasteiger partial charge >= 0.3 is 18.2 Å². The van der Waals surface area contributed by atoms with E-state index in [-0.39, 0.29) is 31.9 Å². The molecule has 1 N–H and O–H groups in total. The van der Waals surface area contributed by atoms with Crippen molar-refractivity contribution in [2.45, 2.75) is 78.8 Å². The van der Waals surface area contributed by atoms with Crippen molar-refractivity contribution < 1.29 is 33.7 Å². The number of hydrogen-bond donors (Lipinski definition) is 1. The van der Waals surface area contributed by atoms with E-state index in [1.54, 1.807) is 48.7 Å². The average Bonchev–Trinajstić information content (AvgIpc) is 3.17. The number of carbonyl (C=O) groups is 3. The number of fused-ring (bicyclic) bond motifs is 1. The fraction of sp³-hybridized carbons (Fsp3) is 0.556. The van der Waals surface area contributed by atoms with E-state index in [1.807, 2.05) is 24.3 Å². The molecule has 1 aromatic heterocycles. The number of methoxy groups -OCH3 is 1. The van der Waals surface area contributed by atoms with Crippen molar-refractivity contribution in [3.8, 4) is 5.75 Å². The number of carbonyl (C=O) groups excluding carboxylic acids is 2. The number of hydrogen-bond acceptors (Lipinski definition) is 7. The van der Waals surface area contributed by atoms with Crippen LogP contribution in [0.5, 0.6) is 5.75 Å². The summed E-state index contributed by atoms with van der Waals surface area (Å²) in [4.78, 5) is 40.9. The number of carboxylic acid groups (broad SMARTS) is 1. The fourth-order valence-electron chi connectivity index (χ4n) is 4.04. The minimum absolute atomic E-state index is 0.00171. The van der Waals surface area contributed by atoms with E-state index in [1.165, 1.54) is 14.5 Å². The maximum absolute atomic E-state index is 13.0. The van der Waals surface area contributed by atoms with Crippen molar-refractivity contribution in [1.29, 1.82) is 0 Å². The van der Waals surface area contributed by atoms with E-state index in [9.17, 15) is 19.5 Å². The van der Waals surface area contributed by atoms with Crippen LogP contribution < -0.4 is 4.74 Å². The normalized spacial score (nSPS) is 13.5. The third kappa shape index (κ3) is 7.62. The molecule has 0 atom stereocenters. The second-order valence-corrected chi connectivity index (χ2v) is 11.2. The Bertz CT molecular complexity index is 1160. The van der Waals surface area contributed by atoms with E-state index in [4.69, 9.17) is 14.2 Å². The number of aromatic carboxylic acids is 1. The fourth-order valence-corrected chi connectivity index (χ4v) is 4.04. The molecule has 2 heterocycles. The summed E-state index contributed by atoms with van der Waals surface area (Å²) in [5, 5.41) is 14.6. The first-order chi connectivity index (χ1) is 17.7. The van der Waals surface area contributed by atoms with Crippen molar-refractivity contribution in [1.82, 2.24) is 19.6 Å². The summed E-state index contributed by atoms with van der Waals surface area (Å²) < 4.78 is 17.7. The molecule has 1 aliphatic heterocycles. The number of amides is 2. The summed E-state index contributed by atoms with van der Waals surface area (Å²) in [6, 6.07) is 7.33. The van der Waals surface area contributed by atoms with E-state index in [2.05, 4.69) is 5.10 Å². The Morgan fingerprint density at radius 3 is 2.21 bits per heavy atom. The Kier molecular flexibility index (Phi) is 8.58. The Balaban J connectivity index is 1.82. The molecule has 208 valence electrons. The summed E-state index contributed by atoms with van der Waals surface area (Å²) >= 11 is 0. The molecule has 11 nitrogen and oxygen atoms in total. The van der Waals surface area contributed by atoms with Gasteiger partial charge in [-0.25, -0.2) is 14.4 Å². The molecule has 11 heteroatoms. The van der Waals surface area contributed by atoms with Crippen molar-refractivity contribution in [2.24, 2.45) is 0 Å². The van der Waals surface area contributed by atoms with Gasteiger partial charge in [-0.05, 0) is 59.2 Å². The van der Waals surface area contributed by atoms with Gasteiger partial charge in [-0.2, -0.15) is 5.10 Å². The minimum atomic E-state index is -1.15. The van der Waals surface area contributed by atoms with Crippen LogP contribution in [0.1, 0.15) is 68.9 Å². The second-order valence-electron chi connectivity index (χ2n) is 11.2. The lowest BCUT2D eigenvalue weighted by Crippen LogP contribution is -2.40. The van der Waals surface area contributed by atoms with Gasteiger partial charge in [0.2, 0.25) is 0 Å². The Morgan fingerprint density at radius 1 is 1.03 bits per heavy atom. The number of ether oxygens (including phenoxy) is 3. The quantitative estimate of drug-likeness (QED) is 0.561. The molecular weight excluding hydrogens is 492 g/mol. The van der Waals surface area contributed by atoms with E-state index in [0.29, 0.717) is 30.0 Å². The van der Waals surface area contributed by atoms with Gasteiger partial charge in [-0.3, -0.25) is 4.68 Å². The molecule has 1 aromatic carbocycles. The first-order valence-electron chi connectivity index (χ1n) is 12.6. The third-order valence-corrected chi connectivity index (χ3v) is 5.72. The van der Waals surface area contributed by atoms with Crippen LogP contribution in [0.3, 0.4) is 0 Å². The van der Waals surface area contributed by atoms with Gasteiger partial charge in [-0.15, -0.1) is 0 Å².